The second-order valence-electron chi connectivity index (χ2n) is 4.15. The average Bonchev–Trinajstić information content (AvgIpc) is 2.39. The summed E-state index contributed by atoms with van der Waals surface area (Å²) in [7, 11) is 0. The van der Waals surface area contributed by atoms with Crippen LogP contribution in [0.3, 0.4) is 0 Å². The molecule has 1 aromatic carbocycles. The zero-order valence-electron chi connectivity index (χ0n) is 11.9. The second-order valence-corrected chi connectivity index (χ2v) is 5.44. The minimum atomic E-state index is 0. The van der Waals surface area contributed by atoms with Crippen molar-refractivity contribution in [1.82, 2.24) is 4.98 Å². The van der Waals surface area contributed by atoms with Crippen LogP contribution >= 0.6 is 36.6 Å². The number of amidine groups is 1. The summed E-state index contributed by atoms with van der Waals surface area (Å²) in [4.78, 5) is 8.77. The molecule has 0 saturated carbocycles. The summed E-state index contributed by atoms with van der Waals surface area (Å²) in [5.41, 5.74) is 9.89. The molecule has 3 nitrogen and oxygen atoms in total. The van der Waals surface area contributed by atoms with E-state index < -0.39 is 0 Å². The maximum Gasteiger partial charge on any atom is 0.159 e. The lowest BCUT2D eigenvalue weighted by molar-refractivity contribution is 1.28. The highest BCUT2D eigenvalue weighted by Gasteiger charge is 2.01. The number of aryl methyl sites for hydroxylation is 1. The SMILES string of the molecule is CCSC(N)=Nc1cccc(-c2cc(C)ccn2)c1.Cl.Cl. The molecule has 2 N–H and O–H groups in total. The van der Waals surface area contributed by atoms with E-state index in [9.17, 15) is 0 Å². The van der Waals surface area contributed by atoms with Crippen molar-refractivity contribution in [2.75, 3.05) is 5.75 Å². The Morgan fingerprint density at radius 3 is 2.67 bits per heavy atom. The van der Waals surface area contributed by atoms with Crippen LogP contribution in [0.4, 0.5) is 5.69 Å². The van der Waals surface area contributed by atoms with Crippen LogP contribution in [0.1, 0.15) is 12.5 Å². The van der Waals surface area contributed by atoms with Gasteiger partial charge in [0.05, 0.1) is 11.4 Å². The number of aromatic nitrogens is 1. The Kier molecular flexibility index (Phi) is 9.09. The van der Waals surface area contributed by atoms with Gasteiger partial charge in [-0.1, -0.05) is 30.8 Å². The molecule has 2 rings (SSSR count). The lowest BCUT2D eigenvalue weighted by Gasteiger charge is -2.04. The van der Waals surface area contributed by atoms with Gasteiger partial charge in [0.1, 0.15) is 0 Å². The molecule has 0 bridgehead atoms. The van der Waals surface area contributed by atoms with E-state index in [1.165, 1.54) is 5.56 Å². The summed E-state index contributed by atoms with van der Waals surface area (Å²) in [6.07, 6.45) is 1.82. The standard InChI is InChI=1S/C15H17N3S.2ClH/c1-3-19-15(16)18-13-6-4-5-12(10-13)14-9-11(2)7-8-17-14;;/h4-10H,3H2,1-2H3,(H2,16,18);2*1H. The Morgan fingerprint density at radius 1 is 1.24 bits per heavy atom. The van der Waals surface area contributed by atoms with E-state index in [-0.39, 0.29) is 24.8 Å². The first-order valence-electron chi connectivity index (χ1n) is 6.19. The molecule has 0 radical (unpaired) electrons. The Bertz CT molecular complexity index is 603. The first kappa shape index (κ1) is 19.8. The van der Waals surface area contributed by atoms with Crippen molar-refractivity contribution in [2.45, 2.75) is 13.8 Å². The summed E-state index contributed by atoms with van der Waals surface area (Å²) in [5.74, 6) is 0.925. The number of thioether (sulfide) groups is 1. The fraction of sp³-hybridized carbons (Fsp3) is 0.200. The van der Waals surface area contributed by atoms with E-state index in [2.05, 4.69) is 29.9 Å². The van der Waals surface area contributed by atoms with Gasteiger partial charge in [-0.25, -0.2) is 4.99 Å². The molecule has 0 spiro atoms. The van der Waals surface area contributed by atoms with Gasteiger partial charge >= 0.3 is 0 Å². The van der Waals surface area contributed by atoms with Crippen molar-refractivity contribution >= 4 is 47.4 Å². The highest BCUT2D eigenvalue weighted by molar-refractivity contribution is 8.13. The Morgan fingerprint density at radius 2 is 2.00 bits per heavy atom. The lowest BCUT2D eigenvalue weighted by atomic mass is 10.1. The maximum absolute atomic E-state index is 5.83. The number of hydrogen-bond acceptors (Lipinski definition) is 3. The minimum absolute atomic E-state index is 0. The Balaban J connectivity index is 0.00000200. The van der Waals surface area contributed by atoms with Crippen LogP contribution in [-0.2, 0) is 0 Å². The molecule has 21 heavy (non-hydrogen) atoms. The van der Waals surface area contributed by atoms with E-state index in [1.54, 1.807) is 11.8 Å². The third-order valence-corrected chi connectivity index (χ3v) is 3.26. The van der Waals surface area contributed by atoms with Gasteiger partial charge in [-0.15, -0.1) is 24.8 Å². The molecule has 0 atom stereocenters. The summed E-state index contributed by atoms with van der Waals surface area (Å²) in [5, 5.41) is 0.594. The molecule has 1 heterocycles. The van der Waals surface area contributed by atoms with Crippen LogP contribution in [0, 0.1) is 6.92 Å². The molecule has 0 fully saturated rings. The molecule has 0 aliphatic rings. The quantitative estimate of drug-likeness (QED) is 0.654. The van der Waals surface area contributed by atoms with Crippen molar-refractivity contribution in [2.24, 2.45) is 10.7 Å². The van der Waals surface area contributed by atoms with Gasteiger partial charge in [0, 0.05) is 11.8 Å². The first-order chi connectivity index (χ1) is 9.19. The van der Waals surface area contributed by atoms with Crippen LogP contribution in [0.2, 0.25) is 0 Å². The molecule has 1 aromatic heterocycles. The van der Waals surface area contributed by atoms with Crippen LogP contribution in [0.5, 0.6) is 0 Å². The molecular weight excluding hydrogens is 325 g/mol. The number of nitrogens with zero attached hydrogens (tertiary/aromatic N) is 2. The van der Waals surface area contributed by atoms with E-state index in [0.29, 0.717) is 5.17 Å². The van der Waals surface area contributed by atoms with Gasteiger partial charge in [-0.05, 0) is 42.5 Å². The van der Waals surface area contributed by atoms with Crippen LogP contribution in [0.15, 0.2) is 47.6 Å². The third-order valence-electron chi connectivity index (χ3n) is 2.59. The molecule has 114 valence electrons. The van der Waals surface area contributed by atoms with Gasteiger partial charge in [0.2, 0.25) is 0 Å². The van der Waals surface area contributed by atoms with Gasteiger partial charge in [-0.2, -0.15) is 0 Å². The van der Waals surface area contributed by atoms with Crippen molar-refractivity contribution in [3.8, 4) is 11.3 Å². The second kappa shape index (κ2) is 9.66. The highest BCUT2D eigenvalue weighted by Crippen LogP contribution is 2.23. The monoisotopic (exact) mass is 343 g/mol. The molecule has 0 saturated heterocycles. The topological polar surface area (TPSA) is 51.3 Å². The predicted molar refractivity (Wildman–Crippen MR) is 98.3 cm³/mol. The molecule has 0 aliphatic heterocycles. The maximum atomic E-state index is 5.83. The Labute approximate surface area is 142 Å². The van der Waals surface area contributed by atoms with Crippen LogP contribution in [0.25, 0.3) is 11.3 Å². The number of hydrogen-bond donors (Lipinski definition) is 1. The van der Waals surface area contributed by atoms with Crippen LogP contribution in [-0.4, -0.2) is 15.9 Å². The Hall–Kier alpha value is -1.23. The fourth-order valence-corrected chi connectivity index (χ4v) is 2.20. The largest absolute Gasteiger partial charge is 0.378 e. The number of nitrogens with two attached hydrogens (primary N) is 1. The molecule has 0 unspecified atom stereocenters. The molecular formula is C15H19Cl2N3S. The summed E-state index contributed by atoms with van der Waals surface area (Å²) >= 11 is 1.54. The normalized spacial score (nSPS) is 10.5. The molecule has 0 amide bonds. The number of halogens is 2. The number of aliphatic imine (C=N–C) groups is 1. The molecule has 2 aromatic rings. The summed E-state index contributed by atoms with van der Waals surface area (Å²) < 4.78 is 0. The summed E-state index contributed by atoms with van der Waals surface area (Å²) in [6, 6.07) is 12.0. The summed E-state index contributed by atoms with van der Waals surface area (Å²) in [6.45, 7) is 4.11. The van der Waals surface area contributed by atoms with Gasteiger partial charge in [-0.3, -0.25) is 4.98 Å². The zero-order valence-corrected chi connectivity index (χ0v) is 14.4. The fourth-order valence-electron chi connectivity index (χ4n) is 1.74. The predicted octanol–water partition coefficient (Wildman–Crippen LogP) is 4.60. The van der Waals surface area contributed by atoms with E-state index >= 15 is 0 Å². The van der Waals surface area contributed by atoms with E-state index in [1.807, 2.05) is 36.5 Å². The van der Waals surface area contributed by atoms with Crippen molar-refractivity contribution in [3.05, 3.63) is 48.2 Å². The van der Waals surface area contributed by atoms with E-state index in [4.69, 9.17) is 5.73 Å². The van der Waals surface area contributed by atoms with Gasteiger partial charge in [0.25, 0.3) is 0 Å². The van der Waals surface area contributed by atoms with Gasteiger partial charge < -0.3 is 5.73 Å². The smallest absolute Gasteiger partial charge is 0.159 e. The van der Waals surface area contributed by atoms with Crippen molar-refractivity contribution in [1.29, 1.82) is 0 Å². The van der Waals surface area contributed by atoms with Crippen LogP contribution < -0.4 is 5.73 Å². The molecule has 0 aliphatic carbocycles. The number of pyridine rings is 1. The van der Waals surface area contributed by atoms with Crippen molar-refractivity contribution < 1.29 is 0 Å². The van der Waals surface area contributed by atoms with Crippen molar-refractivity contribution in [3.63, 3.8) is 0 Å². The zero-order chi connectivity index (χ0) is 13.7. The lowest BCUT2D eigenvalue weighted by Crippen LogP contribution is -2.05. The van der Waals surface area contributed by atoms with Gasteiger partial charge in [0.15, 0.2) is 5.17 Å². The average molecular weight is 344 g/mol. The number of rotatable bonds is 3. The number of benzene rings is 1. The highest BCUT2D eigenvalue weighted by atomic mass is 35.5. The van der Waals surface area contributed by atoms with E-state index in [0.717, 1.165) is 22.7 Å². The minimum Gasteiger partial charge on any atom is -0.378 e. The third kappa shape index (κ3) is 5.96. The first-order valence-corrected chi connectivity index (χ1v) is 7.17. The molecule has 6 heteroatoms.